The minimum absolute atomic E-state index is 0.00567. The number of aromatic nitrogens is 2. The van der Waals surface area contributed by atoms with Gasteiger partial charge in [0.1, 0.15) is 10.3 Å². The molecular weight excluding hydrogens is 357 g/mol. The minimum atomic E-state index is -4.74. The Bertz CT molecular complexity index is 918. The van der Waals surface area contributed by atoms with Crippen molar-refractivity contribution in [3.63, 3.8) is 0 Å². The molecule has 0 bridgehead atoms. The first kappa shape index (κ1) is 17.2. The molecule has 23 heavy (non-hydrogen) atoms. The molecular formula is C13H8ClF3N2O3S. The molecule has 2 rings (SSSR count). The maximum Gasteiger partial charge on any atom is 0.431 e. The van der Waals surface area contributed by atoms with Crippen molar-refractivity contribution in [1.29, 1.82) is 0 Å². The predicted octanol–water partition coefficient (Wildman–Crippen LogP) is 3.28. The van der Waals surface area contributed by atoms with Crippen LogP contribution in [0.5, 0.6) is 0 Å². The van der Waals surface area contributed by atoms with E-state index >= 15 is 0 Å². The highest BCUT2D eigenvalue weighted by Crippen LogP contribution is 2.28. The van der Waals surface area contributed by atoms with Crippen molar-refractivity contribution in [2.75, 3.05) is 0 Å². The Morgan fingerprint density at radius 3 is 2.43 bits per heavy atom. The number of alkyl halides is 3. The Morgan fingerprint density at radius 2 is 1.91 bits per heavy atom. The van der Waals surface area contributed by atoms with Gasteiger partial charge in [0.2, 0.25) is 0 Å². The molecule has 0 saturated carbocycles. The quantitative estimate of drug-likeness (QED) is 0.831. The minimum Gasteiger partial charge on any atom is -0.478 e. The molecule has 10 heteroatoms. The molecule has 0 aliphatic rings. The van der Waals surface area contributed by atoms with Gasteiger partial charge >= 0.3 is 17.8 Å². The van der Waals surface area contributed by atoms with E-state index in [1.54, 1.807) is 0 Å². The Hall–Kier alpha value is -2.13. The van der Waals surface area contributed by atoms with Crippen molar-refractivity contribution in [2.24, 2.45) is 7.05 Å². The molecule has 0 aliphatic carbocycles. The summed E-state index contributed by atoms with van der Waals surface area (Å²) in [5, 5.41) is 8.96. The van der Waals surface area contributed by atoms with Gasteiger partial charge in [-0.05, 0) is 18.2 Å². The highest BCUT2D eigenvalue weighted by atomic mass is 35.5. The summed E-state index contributed by atoms with van der Waals surface area (Å²) in [6.45, 7) is 0. The van der Waals surface area contributed by atoms with Crippen LogP contribution in [0.3, 0.4) is 0 Å². The van der Waals surface area contributed by atoms with Crippen LogP contribution in [-0.2, 0) is 13.2 Å². The van der Waals surface area contributed by atoms with Gasteiger partial charge in [0, 0.05) is 13.1 Å². The first-order valence-electron chi connectivity index (χ1n) is 5.97. The third kappa shape index (κ3) is 3.15. The van der Waals surface area contributed by atoms with Crippen LogP contribution in [0.25, 0.3) is 5.69 Å². The molecule has 5 nitrogen and oxygen atoms in total. The lowest BCUT2D eigenvalue weighted by molar-refractivity contribution is -0.144. The van der Waals surface area contributed by atoms with Crippen LogP contribution < -0.4 is 5.69 Å². The lowest BCUT2D eigenvalue weighted by Gasteiger charge is -2.15. The summed E-state index contributed by atoms with van der Waals surface area (Å²) < 4.78 is 39.4. The molecule has 0 saturated heterocycles. The van der Waals surface area contributed by atoms with Crippen LogP contribution in [0.2, 0.25) is 5.02 Å². The van der Waals surface area contributed by atoms with E-state index < -0.39 is 28.2 Å². The van der Waals surface area contributed by atoms with Crippen molar-refractivity contribution < 1.29 is 23.1 Å². The first-order chi connectivity index (χ1) is 10.5. The number of halogens is 4. The number of benzene rings is 1. The van der Waals surface area contributed by atoms with Crippen LogP contribution in [0.4, 0.5) is 13.2 Å². The van der Waals surface area contributed by atoms with Gasteiger partial charge in [-0.15, -0.1) is 0 Å². The number of carboxylic acids is 1. The fourth-order valence-electron chi connectivity index (χ4n) is 1.95. The van der Waals surface area contributed by atoms with E-state index in [1.165, 1.54) is 12.1 Å². The molecule has 0 radical (unpaired) electrons. The zero-order valence-corrected chi connectivity index (χ0v) is 13.0. The molecule has 1 aromatic carbocycles. The Labute approximate surface area is 137 Å². The Balaban J connectivity index is 2.79. The predicted molar refractivity (Wildman–Crippen MR) is 78.8 cm³/mol. The number of rotatable bonds is 2. The number of aromatic carboxylic acids is 1. The lowest BCUT2D eigenvalue weighted by Crippen LogP contribution is -2.33. The summed E-state index contributed by atoms with van der Waals surface area (Å²) in [6.07, 6.45) is -4.74. The average molecular weight is 365 g/mol. The van der Waals surface area contributed by atoms with Crippen LogP contribution in [0.15, 0.2) is 29.1 Å². The van der Waals surface area contributed by atoms with Gasteiger partial charge < -0.3 is 5.11 Å². The number of nitrogens with zero attached hydrogens (tertiary/aromatic N) is 2. The fraction of sp³-hybridized carbons (Fsp3) is 0.154. The maximum atomic E-state index is 12.9. The highest BCUT2D eigenvalue weighted by molar-refractivity contribution is 7.71. The maximum absolute atomic E-state index is 12.9. The van der Waals surface area contributed by atoms with Gasteiger partial charge in [-0.1, -0.05) is 23.8 Å². The third-order valence-electron chi connectivity index (χ3n) is 3.05. The van der Waals surface area contributed by atoms with Gasteiger partial charge in [-0.2, -0.15) is 13.2 Å². The average Bonchev–Trinajstić information content (AvgIpc) is 2.43. The van der Waals surface area contributed by atoms with Crippen LogP contribution in [0, 0.1) is 4.64 Å². The molecule has 0 spiro atoms. The molecule has 2 aromatic rings. The summed E-state index contributed by atoms with van der Waals surface area (Å²) in [5.41, 5.74) is -2.54. The van der Waals surface area contributed by atoms with Gasteiger partial charge in [0.15, 0.2) is 0 Å². The summed E-state index contributed by atoms with van der Waals surface area (Å²) >= 11 is 10.6. The van der Waals surface area contributed by atoms with Crippen molar-refractivity contribution in [3.8, 4) is 5.69 Å². The third-order valence-corrected chi connectivity index (χ3v) is 3.68. The van der Waals surface area contributed by atoms with E-state index in [1.807, 2.05) is 0 Å². The zero-order valence-electron chi connectivity index (χ0n) is 11.4. The normalized spacial score (nSPS) is 11.5. The second-order valence-electron chi connectivity index (χ2n) is 4.51. The SMILES string of the molecule is Cn1c(C(F)(F)F)cc(=S)n(-c2ccc(Cl)c(C(=O)O)c2)c1=O. The monoisotopic (exact) mass is 364 g/mol. The van der Waals surface area contributed by atoms with E-state index in [0.29, 0.717) is 10.6 Å². The summed E-state index contributed by atoms with van der Waals surface area (Å²) in [6, 6.07) is 4.21. The van der Waals surface area contributed by atoms with Crippen LogP contribution >= 0.6 is 23.8 Å². The van der Waals surface area contributed by atoms with Crippen molar-refractivity contribution >= 4 is 29.8 Å². The summed E-state index contributed by atoms with van der Waals surface area (Å²) in [4.78, 5) is 23.3. The van der Waals surface area contributed by atoms with Gasteiger partial charge in [0.05, 0.1) is 16.3 Å². The van der Waals surface area contributed by atoms with E-state index in [9.17, 15) is 22.8 Å². The molecule has 0 aliphatic heterocycles. The van der Waals surface area contributed by atoms with Crippen molar-refractivity contribution in [1.82, 2.24) is 9.13 Å². The fourth-order valence-corrected chi connectivity index (χ4v) is 2.45. The van der Waals surface area contributed by atoms with Gasteiger partial charge in [0.25, 0.3) is 0 Å². The molecule has 0 unspecified atom stereocenters. The van der Waals surface area contributed by atoms with Gasteiger partial charge in [-0.25, -0.2) is 9.59 Å². The largest absolute Gasteiger partial charge is 0.478 e. The van der Waals surface area contributed by atoms with E-state index in [-0.39, 0.29) is 16.3 Å². The van der Waals surface area contributed by atoms with Crippen LogP contribution in [-0.4, -0.2) is 20.2 Å². The van der Waals surface area contributed by atoms with E-state index in [2.05, 4.69) is 0 Å². The molecule has 1 N–H and O–H groups in total. The highest BCUT2D eigenvalue weighted by Gasteiger charge is 2.34. The Kier molecular flexibility index (Phi) is 4.36. The number of hydrogen-bond donors (Lipinski definition) is 1. The zero-order chi connectivity index (χ0) is 17.5. The summed E-state index contributed by atoms with van der Waals surface area (Å²) in [5.74, 6) is -1.34. The van der Waals surface area contributed by atoms with Crippen molar-refractivity contribution in [3.05, 3.63) is 55.7 Å². The molecule has 0 fully saturated rings. The standard InChI is InChI=1S/C13H8ClF3N2O3S/c1-18-9(13(15,16)17)5-10(23)19(12(18)22)6-2-3-8(14)7(4-6)11(20)21/h2-5H,1H3,(H,20,21). The van der Waals surface area contributed by atoms with Crippen LogP contribution in [0.1, 0.15) is 16.1 Å². The Morgan fingerprint density at radius 1 is 1.30 bits per heavy atom. The second-order valence-corrected chi connectivity index (χ2v) is 5.34. The van der Waals surface area contributed by atoms with E-state index in [4.69, 9.17) is 28.9 Å². The molecule has 1 aromatic heterocycles. The lowest BCUT2D eigenvalue weighted by atomic mass is 10.2. The van der Waals surface area contributed by atoms with Crippen molar-refractivity contribution in [2.45, 2.75) is 6.18 Å². The number of carbonyl (C=O) groups is 1. The number of carboxylic acid groups (broad SMARTS) is 1. The van der Waals surface area contributed by atoms with Gasteiger partial charge in [-0.3, -0.25) is 9.13 Å². The molecule has 122 valence electrons. The number of hydrogen-bond acceptors (Lipinski definition) is 3. The smallest absolute Gasteiger partial charge is 0.431 e. The molecule has 0 atom stereocenters. The summed E-state index contributed by atoms with van der Waals surface area (Å²) in [7, 11) is 0.949. The first-order valence-corrected chi connectivity index (χ1v) is 6.76. The molecule has 1 heterocycles. The second kappa shape index (κ2) is 5.82. The topological polar surface area (TPSA) is 64.2 Å². The molecule has 0 amide bonds. The van der Waals surface area contributed by atoms with E-state index in [0.717, 1.165) is 17.7 Å².